The Hall–Kier alpha value is -1.43. The normalized spacial score (nSPS) is 17.1. The summed E-state index contributed by atoms with van der Waals surface area (Å²) >= 11 is 0. The quantitative estimate of drug-likeness (QED) is 0.784. The zero-order chi connectivity index (χ0) is 12.4. The molecule has 1 amide bonds. The number of ether oxygens (including phenoxy) is 1. The third-order valence-corrected chi connectivity index (χ3v) is 3.26. The number of methoxy groups -OCH3 is 1. The Bertz CT molecular complexity index is 412. The first-order valence-corrected chi connectivity index (χ1v) is 5.88. The van der Waals surface area contributed by atoms with Crippen LogP contribution >= 0.6 is 0 Å². The van der Waals surface area contributed by atoms with E-state index in [0.29, 0.717) is 18.9 Å². The van der Waals surface area contributed by atoms with Gasteiger partial charge < -0.3 is 10.5 Å². The monoisotopic (exact) mass is 238 g/mol. The fourth-order valence-electron chi connectivity index (χ4n) is 2.04. The van der Waals surface area contributed by atoms with Gasteiger partial charge in [0.05, 0.1) is 18.3 Å². The van der Waals surface area contributed by atoms with Crippen molar-refractivity contribution in [1.82, 2.24) is 15.0 Å². The molecule has 17 heavy (non-hydrogen) atoms. The second kappa shape index (κ2) is 4.83. The standard InChI is InChI=1S/C11H18N4O2/c1-7(8-3-4-8)15-9(5-6-17-2)10(11(12)16)13-14-15/h7-8H,3-6H2,1-2H3,(H2,12,16). The van der Waals surface area contributed by atoms with Crippen molar-refractivity contribution in [1.29, 1.82) is 0 Å². The van der Waals surface area contributed by atoms with Crippen molar-refractivity contribution in [3.63, 3.8) is 0 Å². The molecule has 0 bridgehead atoms. The summed E-state index contributed by atoms with van der Waals surface area (Å²) in [5.41, 5.74) is 6.36. The molecule has 1 atom stereocenters. The van der Waals surface area contributed by atoms with Crippen LogP contribution in [0.1, 0.15) is 42.0 Å². The Morgan fingerprint density at radius 2 is 2.35 bits per heavy atom. The molecule has 6 heteroatoms. The van der Waals surface area contributed by atoms with Crippen LogP contribution in [0.2, 0.25) is 0 Å². The van der Waals surface area contributed by atoms with Crippen LogP contribution in [0.3, 0.4) is 0 Å². The van der Waals surface area contributed by atoms with E-state index in [9.17, 15) is 4.79 Å². The minimum Gasteiger partial charge on any atom is -0.384 e. The van der Waals surface area contributed by atoms with Gasteiger partial charge in [-0.2, -0.15) is 0 Å². The first kappa shape index (κ1) is 12.0. The van der Waals surface area contributed by atoms with Gasteiger partial charge >= 0.3 is 0 Å². The molecule has 6 nitrogen and oxygen atoms in total. The van der Waals surface area contributed by atoms with Crippen molar-refractivity contribution in [2.75, 3.05) is 13.7 Å². The highest BCUT2D eigenvalue weighted by atomic mass is 16.5. The molecule has 0 saturated heterocycles. The van der Waals surface area contributed by atoms with Gasteiger partial charge in [0.1, 0.15) is 0 Å². The number of nitrogens with two attached hydrogens (primary N) is 1. The average Bonchev–Trinajstić information content (AvgIpc) is 3.05. The predicted octanol–water partition coefficient (Wildman–Crippen LogP) is 0.537. The molecule has 0 radical (unpaired) electrons. The second-order valence-corrected chi connectivity index (χ2v) is 4.51. The maximum absolute atomic E-state index is 11.3. The van der Waals surface area contributed by atoms with Crippen molar-refractivity contribution in [2.45, 2.75) is 32.2 Å². The molecule has 1 aliphatic carbocycles. The molecule has 2 rings (SSSR count). The zero-order valence-corrected chi connectivity index (χ0v) is 10.2. The van der Waals surface area contributed by atoms with Crippen molar-refractivity contribution in [3.05, 3.63) is 11.4 Å². The van der Waals surface area contributed by atoms with Crippen molar-refractivity contribution < 1.29 is 9.53 Å². The summed E-state index contributed by atoms with van der Waals surface area (Å²) in [6, 6.07) is 0.280. The minimum atomic E-state index is -0.523. The molecule has 0 aromatic carbocycles. The van der Waals surface area contributed by atoms with Crippen LogP contribution in [0.25, 0.3) is 0 Å². The molecule has 1 heterocycles. The molecular formula is C11H18N4O2. The molecule has 1 aromatic heterocycles. The Morgan fingerprint density at radius 1 is 1.65 bits per heavy atom. The van der Waals surface area contributed by atoms with E-state index in [4.69, 9.17) is 10.5 Å². The van der Waals surface area contributed by atoms with Gasteiger partial charge in [0.25, 0.3) is 5.91 Å². The van der Waals surface area contributed by atoms with E-state index < -0.39 is 5.91 Å². The highest BCUT2D eigenvalue weighted by Gasteiger charge is 2.32. The van der Waals surface area contributed by atoms with Gasteiger partial charge in [0, 0.05) is 13.5 Å². The molecule has 1 aromatic rings. The van der Waals surface area contributed by atoms with E-state index in [1.54, 1.807) is 7.11 Å². The van der Waals surface area contributed by atoms with E-state index in [1.807, 2.05) is 4.68 Å². The van der Waals surface area contributed by atoms with Gasteiger partial charge in [-0.1, -0.05) is 5.21 Å². The van der Waals surface area contributed by atoms with Crippen LogP contribution in [0, 0.1) is 5.92 Å². The molecule has 1 unspecified atom stereocenters. The van der Waals surface area contributed by atoms with Gasteiger partial charge in [0.2, 0.25) is 0 Å². The topological polar surface area (TPSA) is 83.0 Å². The summed E-state index contributed by atoms with van der Waals surface area (Å²) in [6.07, 6.45) is 3.05. The lowest BCUT2D eigenvalue weighted by atomic mass is 10.2. The van der Waals surface area contributed by atoms with Crippen molar-refractivity contribution in [2.24, 2.45) is 11.7 Å². The number of nitrogens with zero attached hydrogens (tertiary/aromatic N) is 3. The number of hydrogen-bond donors (Lipinski definition) is 1. The number of rotatable bonds is 6. The van der Waals surface area contributed by atoms with Crippen LogP contribution in [0.15, 0.2) is 0 Å². The van der Waals surface area contributed by atoms with E-state index >= 15 is 0 Å². The Balaban J connectivity index is 2.26. The Labute approximate surface area is 100 Å². The van der Waals surface area contributed by atoms with Gasteiger partial charge in [-0.3, -0.25) is 4.79 Å². The Kier molecular flexibility index (Phi) is 3.42. The third kappa shape index (κ3) is 2.46. The molecule has 1 fully saturated rings. The second-order valence-electron chi connectivity index (χ2n) is 4.51. The molecule has 94 valence electrons. The highest BCUT2D eigenvalue weighted by molar-refractivity contribution is 5.91. The van der Waals surface area contributed by atoms with Crippen LogP contribution in [-0.2, 0) is 11.2 Å². The predicted molar refractivity (Wildman–Crippen MR) is 61.6 cm³/mol. The fourth-order valence-corrected chi connectivity index (χ4v) is 2.04. The summed E-state index contributed by atoms with van der Waals surface area (Å²) < 4.78 is 6.87. The molecule has 0 spiro atoms. The number of primary amides is 1. The van der Waals surface area contributed by atoms with Crippen LogP contribution in [0.4, 0.5) is 0 Å². The van der Waals surface area contributed by atoms with Gasteiger partial charge in [-0.05, 0) is 25.7 Å². The van der Waals surface area contributed by atoms with E-state index in [-0.39, 0.29) is 11.7 Å². The van der Waals surface area contributed by atoms with Gasteiger partial charge in [-0.25, -0.2) is 4.68 Å². The first-order valence-electron chi connectivity index (χ1n) is 5.88. The summed E-state index contributed by atoms with van der Waals surface area (Å²) in [4.78, 5) is 11.3. The van der Waals surface area contributed by atoms with Crippen LogP contribution in [-0.4, -0.2) is 34.6 Å². The molecule has 0 aliphatic heterocycles. The lowest BCUT2D eigenvalue weighted by molar-refractivity contribution is 0.0994. The maximum Gasteiger partial charge on any atom is 0.271 e. The minimum absolute atomic E-state index is 0.273. The highest BCUT2D eigenvalue weighted by Crippen LogP contribution is 2.39. The first-order chi connectivity index (χ1) is 8.15. The molecular weight excluding hydrogens is 220 g/mol. The number of aromatic nitrogens is 3. The fraction of sp³-hybridized carbons (Fsp3) is 0.727. The van der Waals surface area contributed by atoms with Crippen LogP contribution in [0.5, 0.6) is 0 Å². The Morgan fingerprint density at radius 3 is 2.88 bits per heavy atom. The van der Waals surface area contributed by atoms with Gasteiger partial charge in [0.15, 0.2) is 5.69 Å². The van der Waals surface area contributed by atoms with Crippen LogP contribution < -0.4 is 5.73 Å². The number of hydrogen-bond acceptors (Lipinski definition) is 4. The molecule has 1 saturated carbocycles. The number of carbonyl (C=O) groups is 1. The number of carbonyl (C=O) groups excluding carboxylic acids is 1. The summed E-state index contributed by atoms with van der Waals surface area (Å²) in [5.74, 6) is 0.129. The summed E-state index contributed by atoms with van der Waals surface area (Å²) in [7, 11) is 1.63. The average molecular weight is 238 g/mol. The van der Waals surface area contributed by atoms with E-state index in [2.05, 4.69) is 17.2 Å². The molecule has 2 N–H and O–H groups in total. The number of amides is 1. The maximum atomic E-state index is 11.3. The van der Waals surface area contributed by atoms with E-state index in [0.717, 1.165) is 5.69 Å². The smallest absolute Gasteiger partial charge is 0.271 e. The van der Waals surface area contributed by atoms with Gasteiger partial charge in [-0.15, -0.1) is 5.10 Å². The van der Waals surface area contributed by atoms with Crippen molar-refractivity contribution >= 4 is 5.91 Å². The molecule has 1 aliphatic rings. The third-order valence-electron chi connectivity index (χ3n) is 3.26. The summed E-state index contributed by atoms with van der Waals surface area (Å²) in [6.45, 7) is 2.64. The largest absolute Gasteiger partial charge is 0.384 e. The van der Waals surface area contributed by atoms with E-state index in [1.165, 1.54) is 12.8 Å². The van der Waals surface area contributed by atoms with Crippen molar-refractivity contribution in [3.8, 4) is 0 Å². The SMILES string of the molecule is COCCc1c(C(N)=O)nnn1C(C)C1CC1. The zero-order valence-electron chi connectivity index (χ0n) is 10.2. The lowest BCUT2D eigenvalue weighted by Gasteiger charge is -2.13. The lowest BCUT2D eigenvalue weighted by Crippen LogP contribution is -2.18. The summed E-state index contributed by atoms with van der Waals surface area (Å²) in [5, 5.41) is 7.94.